The van der Waals surface area contributed by atoms with Crippen LogP contribution in [0.4, 0.5) is 0 Å². The van der Waals surface area contributed by atoms with E-state index in [9.17, 15) is 0 Å². The molecule has 0 amide bonds. The maximum atomic E-state index is 2.37. The summed E-state index contributed by atoms with van der Waals surface area (Å²) in [6, 6.07) is 36.9. The smallest absolute Gasteiger partial charge is 0.00141 e. The lowest BCUT2D eigenvalue weighted by Crippen LogP contribution is -1.97. The van der Waals surface area contributed by atoms with Gasteiger partial charge >= 0.3 is 0 Å². The highest BCUT2D eigenvalue weighted by Gasteiger charge is 2.21. The Balaban J connectivity index is 1.85. The van der Waals surface area contributed by atoms with Gasteiger partial charge in [-0.1, -0.05) is 119 Å². The molecule has 0 saturated carbocycles. The zero-order valence-corrected chi connectivity index (χ0v) is 26.2. The standard InChI is InChI=1S/C42H40/c1-25-9-13-33(29(5)21-25)37-17-18-39(35-15-11-27(3)23-31(35)7)42-40(36-16-12-28(4)24-32(36)8)20-19-38(41(37)42)34-14-10-26(2)22-30(34)6/h9-24H,1-8H3. The number of hydrogen-bond acceptors (Lipinski definition) is 0. The van der Waals surface area contributed by atoms with Gasteiger partial charge in [-0.05, 0) is 133 Å². The summed E-state index contributed by atoms with van der Waals surface area (Å²) in [6.07, 6.45) is 0. The zero-order chi connectivity index (χ0) is 29.7. The minimum absolute atomic E-state index is 1.29. The van der Waals surface area contributed by atoms with Crippen molar-refractivity contribution in [1.29, 1.82) is 0 Å². The van der Waals surface area contributed by atoms with Crippen molar-refractivity contribution in [2.75, 3.05) is 0 Å². The van der Waals surface area contributed by atoms with Crippen LogP contribution in [0, 0.1) is 55.4 Å². The molecule has 0 aliphatic heterocycles. The molecule has 0 spiro atoms. The van der Waals surface area contributed by atoms with Crippen molar-refractivity contribution in [3.05, 3.63) is 142 Å². The second-order valence-corrected chi connectivity index (χ2v) is 12.3. The third-order valence-electron chi connectivity index (χ3n) is 8.85. The van der Waals surface area contributed by atoms with E-state index in [-0.39, 0.29) is 0 Å². The van der Waals surface area contributed by atoms with Crippen LogP contribution in [-0.2, 0) is 0 Å². The van der Waals surface area contributed by atoms with Crippen LogP contribution in [-0.4, -0.2) is 0 Å². The Kier molecular flexibility index (Phi) is 7.11. The van der Waals surface area contributed by atoms with E-state index in [1.54, 1.807) is 0 Å². The Morgan fingerprint density at radius 3 is 0.619 bits per heavy atom. The molecule has 6 rings (SSSR count). The maximum absolute atomic E-state index is 2.37. The van der Waals surface area contributed by atoms with E-state index < -0.39 is 0 Å². The van der Waals surface area contributed by atoms with Gasteiger partial charge in [0.25, 0.3) is 0 Å². The molecule has 0 aromatic heterocycles. The van der Waals surface area contributed by atoms with Crippen LogP contribution in [0.25, 0.3) is 55.3 Å². The van der Waals surface area contributed by atoms with Gasteiger partial charge in [0, 0.05) is 0 Å². The predicted octanol–water partition coefficient (Wildman–Crippen LogP) is 12.0. The molecule has 6 aromatic carbocycles. The van der Waals surface area contributed by atoms with Gasteiger partial charge in [-0.2, -0.15) is 0 Å². The molecule has 0 unspecified atom stereocenters. The second-order valence-electron chi connectivity index (χ2n) is 12.3. The Morgan fingerprint density at radius 1 is 0.238 bits per heavy atom. The fraction of sp³-hybridized carbons (Fsp3) is 0.190. The van der Waals surface area contributed by atoms with Crippen molar-refractivity contribution < 1.29 is 0 Å². The molecule has 0 N–H and O–H groups in total. The van der Waals surface area contributed by atoms with E-state index >= 15 is 0 Å². The SMILES string of the molecule is Cc1ccc(-c2ccc(-c3ccc(C)cc3C)c3c(-c4ccc(C)cc4C)ccc(-c4ccc(C)cc4C)c23)c(C)c1. The lowest BCUT2D eigenvalue weighted by molar-refractivity contribution is 1.37. The lowest BCUT2D eigenvalue weighted by atomic mass is 9.81. The monoisotopic (exact) mass is 544 g/mol. The molecule has 0 saturated heterocycles. The van der Waals surface area contributed by atoms with Crippen LogP contribution in [0.15, 0.2) is 97.1 Å². The zero-order valence-electron chi connectivity index (χ0n) is 26.2. The van der Waals surface area contributed by atoms with E-state index in [0.717, 1.165) is 0 Å². The van der Waals surface area contributed by atoms with Crippen LogP contribution in [0.5, 0.6) is 0 Å². The van der Waals surface area contributed by atoms with Crippen LogP contribution >= 0.6 is 0 Å². The van der Waals surface area contributed by atoms with Crippen molar-refractivity contribution in [2.45, 2.75) is 55.4 Å². The van der Waals surface area contributed by atoms with Crippen molar-refractivity contribution in [3.8, 4) is 44.5 Å². The minimum Gasteiger partial charge on any atom is -0.0587 e. The van der Waals surface area contributed by atoms with E-state index in [1.165, 1.54) is 99.8 Å². The molecule has 0 bridgehead atoms. The van der Waals surface area contributed by atoms with Crippen molar-refractivity contribution >= 4 is 10.8 Å². The van der Waals surface area contributed by atoms with Crippen LogP contribution in [0.3, 0.4) is 0 Å². The number of benzene rings is 6. The average Bonchev–Trinajstić information content (AvgIpc) is 2.93. The van der Waals surface area contributed by atoms with Gasteiger partial charge in [0.05, 0.1) is 0 Å². The highest BCUT2D eigenvalue weighted by molar-refractivity contribution is 6.18. The first-order valence-corrected chi connectivity index (χ1v) is 15.0. The first-order valence-electron chi connectivity index (χ1n) is 15.0. The molecule has 0 atom stereocenters. The number of rotatable bonds is 4. The summed E-state index contributed by atoms with van der Waals surface area (Å²) in [5.41, 5.74) is 20.7. The lowest BCUT2D eigenvalue weighted by Gasteiger charge is -2.22. The fourth-order valence-electron chi connectivity index (χ4n) is 6.86. The fourth-order valence-corrected chi connectivity index (χ4v) is 6.86. The van der Waals surface area contributed by atoms with Crippen molar-refractivity contribution in [3.63, 3.8) is 0 Å². The highest BCUT2D eigenvalue weighted by Crippen LogP contribution is 2.47. The number of fused-ring (bicyclic) bond motifs is 1. The Bertz CT molecular complexity index is 1710. The molecule has 208 valence electrons. The second kappa shape index (κ2) is 10.8. The van der Waals surface area contributed by atoms with Gasteiger partial charge in [-0.3, -0.25) is 0 Å². The first kappa shape index (κ1) is 27.7. The molecular weight excluding hydrogens is 504 g/mol. The molecule has 42 heavy (non-hydrogen) atoms. The van der Waals surface area contributed by atoms with E-state index in [4.69, 9.17) is 0 Å². The summed E-state index contributed by atoms with van der Waals surface area (Å²) < 4.78 is 0. The summed E-state index contributed by atoms with van der Waals surface area (Å²) in [6.45, 7) is 17.7. The summed E-state index contributed by atoms with van der Waals surface area (Å²) in [5, 5.41) is 2.65. The Morgan fingerprint density at radius 2 is 0.429 bits per heavy atom. The minimum atomic E-state index is 1.29. The van der Waals surface area contributed by atoms with Gasteiger partial charge in [0.15, 0.2) is 0 Å². The van der Waals surface area contributed by atoms with Gasteiger partial charge in [-0.15, -0.1) is 0 Å². The van der Waals surface area contributed by atoms with Crippen LogP contribution < -0.4 is 0 Å². The molecule has 0 radical (unpaired) electrons. The quantitative estimate of drug-likeness (QED) is 0.207. The average molecular weight is 545 g/mol. The molecule has 0 nitrogen and oxygen atoms in total. The maximum Gasteiger partial charge on any atom is -0.00141 e. The normalized spacial score (nSPS) is 11.3. The van der Waals surface area contributed by atoms with Gasteiger partial charge in [0.1, 0.15) is 0 Å². The summed E-state index contributed by atoms with van der Waals surface area (Å²) in [4.78, 5) is 0. The molecule has 0 fully saturated rings. The Labute approximate surface area is 251 Å². The molecular formula is C42H40. The summed E-state index contributed by atoms with van der Waals surface area (Å²) in [7, 11) is 0. The van der Waals surface area contributed by atoms with Crippen molar-refractivity contribution in [2.24, 2.45) is 0 Å². The topological polar surface area (TPSA) is 0 Å². The van der Waals surface area contributed by atoms with Gasteiger partial charge in [-0.25, -0.2) is 0 Å². The molecule has 0 heterocycles. The third-order valence-corrected chi connectivity index (χ3v) is 8.85. The molecule has 0 heteroatoms. The first-order chi connectivity index (χ1) is 20.1. The largest absolute Gasteiger partial charge is 0.0587 e. The third kappa shape index (κ3) is 4.86. The van der Waals surface area contributed by atoms with Crippen molar-refractivity contribution in [1.82, 2.24) is 0 Å². The highest BCUT2D eigenvalue weighted by atomic mass is 14.2. The van der Waals surface area contributed by atoms with Gasteiger partial charge in [0.2, 0.25) is 0 Å². The van der Waals surface area contributed by atoms with Crippen LogP contribution in [0.1, 0.15) is 44.5 Å². The van der Waals surface area contributed by atoms with Crippen LogP contribution in [0.2, 0.25) is 0 Å². The predicted molar refractivity (Wildman–Crippen MR) is 184 cm³/mol. The number of aryl methyl sites for hydroxylation is 8. The van der Waals surface area contributed by atoms with E-state index in [1.807, 2.05) is 0 Å². The van der Waals surface area contributed by atoms with Gasteiger partial charge < -0.3 is 0 Å². The summed E-state index contributed by atoms with van der Waals surface area (Å²) >= 11 is 0. The molecule has 0 aliphatic rings. The molecule has 6 aromatic rings. The van der Waals surface area contributed by atoms with E-state index in [0.29, 0.717) is 0 Å². The number of hydrogen-bond donors (Lipinski definition) is 0. The van der Waals surface area contributed by atoms with E-state index in [2.05, 4.69) is 152 Å². The summed E-state index contributed by atoms with van der Waals surface area (Å²) in [5.74, 6) is 0. The Hall–Kier alpha value is -4.42. The molecule has 0 aliphatic carbocycles.